The van der Waals surface area contributed by atoms with Crippen LogP contribution in [0.1, 0.15) is 40.5 Å². The summed E-state index contributed by atoms with van der Waals surface area (Å²) in [4.78, 5) is 1.96. The third-order valence-electron chi connectivity index (χ3n) is 4.76. The normalized spacial score (nSPS) is 31.0. The van der Waals surface area contributed by atoms with E-state index in [2.05, 4.69) is 0 Å². The highest BCUT2D eigenvalue weighted by molar-refractivity contribution is 6.30. The first kappa shape index (κ1) is 21.3. The lowest BCUT2D eigenvalue weighted by Crippen LogP contribution is -2.58. The van der Waals surface area contributed by atoms with Gasteiger partial charge in [-0.1, -0.05) is 13.8 Å². The Morgan fingerprint density at radius 2 is 1.22 bits per heavy atom. The maximum atomic E-state index is 15.2. The van der Waals surface area contributed by atoms with Crippen LogP contribution in [0.5, 0.6) is 0 Å². The van der Waals surface area contributed by atoms with Crippen LogP contribution < -0.4 is 0 Å². The molecule has 23 heavy (non-hydrogen) atoms. The predicted octanol–water partition coefficient (Wildman–Crippen LogP) is 3.91. The first-order valence-corrected chi connectivity index (χ1v) is 8.84. The van der Waals surface area contributed by atoms with Crippen molar-refractivity contribution in [3.63, 3.8) is 0 Å². The van der Waals surface area contributed by atoms with Gasteiger partial charge < -0.3 is 9.47 Å². The molecule has 1 aliphatic rings. The van der Waals surface area contributed by atoms with Crippen LogP contribution >= 0.6 is 23.2 Å². The fraction of sp³-hybridized carbons (Fsp3) is 1.00. The number of alkyl halides is 4. The van der Waals surface area contributed by atoms with Gasteiger partial charge in [-0.25, -0.2) is 9.80 Å². The first-order chi connectivity index (χ1) is 10.7. The molecular weight excluding hydrogens is 349 g/mol. The summed E-state index contributed by atoms with van der Waals surface area (Å²) in [5, 5.41) is 0. The SMILES string of the molecule is CCC(C(C)OC)N1C(Cl)C(Cl)N(C(CC)C(C)OC)C1(F)F. The van der Waals surface area contributed by atoms with Crippen molar-refractivity contribution in [3.8, 4) is 0 Å². The van der Waals surface area contributed by atoms with Crippen molar-refractivity contribution in [1.82, 2.24) is 9.80 Å². The molecular formula is C15H28Cl2F2N2O2. The molecule has 0 aromatic rings. The van der Waals surface area contributed by atoms with E-state index in [4.69, 9.17) is 32.7 Å². The van der Waals surface area contributed by atoms with E-state index in [0.29, 0.717) is 12.8 Å². The third-order valence-corrected chi connectivity index (χ3v) is 5.79. The summed E-state index contributed by atoms with van der Waals surface area (Å²) < 4.78 is 41.0. The molecule has 0 saturated carbocycles. The maximum Gasteiger partial charge on any atom is 0.372 e. The summed E-state index contributed by atoms with van der Waals surface area (Å²) in [5.74, 6) is 0. The Labute approximate surface area is 148 Å². The average Bonchev–Trinajstić information content (AvgIpc) is 2.69. The third kappa shape index (κ3) is 3.93. The van der Waals surface area contributed by atoms with Crippen molar-refractivity contribution in [2.75, 3.05) is 14.2 Å². The van der Waals surface area contributed by atoms with Crippen molar-refractivity contribution in [2.24, 2.45) is 0 Å². The van der Waals surface area contributed by atoms with E-state index in [9.17, 15) is 0 Å². The molecule has 1 rings (SSSR count). The van der Waals surface area contributed by atoms with Crippen LogP contribution in [0.4, 0.5) is 8.78 Å². The van der Waals surface area contributed by atoms with Crippen LogP contribution in [0, 0.1) is 0 Å². The van der Waals surface area contributed by atoms with Gasteiger partial charge in [-0.15, -0.1) is 23.2 Å². The van der Waals surface area contributed by atoms with E-state index in [-0.39, 0.29) is 0 Å². The fourth-order valence-electron chi connectivity index (χ4n) is 3.28. The van der Waals surface area contributed by atoms with E-state index in [1.807, 2.05) is 13.8 Å². The standard InChI is InChI=1S/C15H28Cl2F2N2O2/c1-7-11(9(3)22-5)20-13(16)14(17)21(15(20,18)19)12(8-2)10(4)23-6/h9-14H,7-8H2,1-6H3. The molecule has 0 spiro atoms. The molecule has 0 radical (unpaired) electrons. The second-order valence-corrected chi connectivity index (χ2v) is 6.80. The lowest BCUT2D eigenvalue weighted by molar-refractivity contribution is -0.252. The lowest BCUT2D eigenvalue weighted by atomic mass is 10.1. The zero-order valence-electron chi connectivity index (χ0n) is 14.6. The Morgan fingerprint density at radius 1 is 0.913 bits per heavy atom. The highest BCUT2D eigenvalue weighted by atomic mass is 35.5. The molecule has 1 aliphatic heterocycles. The van der Waals surface area contributed by atoms with Crippen molar-refractivity contribution >= 4 is 23.2 Å². The number of hydrogen-bond donors (Lipinski definition) is 0. The van der Waals surface area contributed by atoms with Crippen molar-refractivity contribution in [2.45, 2.75) is 82.0 Å². The van der Waals surface area contributed by atoms with Gasteiger partial charge >= 0.3 is 6.17 Å². The van der Waals surface area contributed by atoms with Gasteiger partial charge in [0.25, 0.3) is 0 Å². The molecule has 4 nitrogen and oxygen atoms in total. The number of nitrogens with zero attached hydrogens (tertiary/aromatic N) is 2. The van der Waals surface area contributed by atoms with E-state index >= 15 is 8.78 Å². The largest absolute Gasteiger partial charge is 0.380 e. The highest BCUT2D eigenvalue weighted by Crippen LogP contribution is 2.46. The van der Waals surface area contributed by atoms with Crippen LogP contribution in [-0.2, 0) is 9.47 Å². The smallest absolute Gasteiger partial charge is 0.372 e. The van der Waals surface area contributed by atoms with Crippen LogP contribution in [-0.4, -0.2) is 65.5 Å². The van der Waals surface area contributed by atoms with Crippen molar-refractivity contribution in [1.29, 1.82) is 0 Å². The van der Waals surface area contributed by atoms with Gasteiger partial charge in [-0.3, -0.25) is 0 Å². The molecule has 0 bridgehead atoms. The second-order valence-electron chi connectivity index (χ2n) is 5.90. The van der Waals surface area contributed by atoms with E-state index in [1.165, 1.54) is 14.2 Å². The van der Waals surface area contributed by atoms with E-state index < -0.39 is 41.5 Å². The van der Waals surface area contributed by atoms with Gasteiger partial charge in [0.1, 0.15) is 11.0 Å². The summed E-state index contributed by atoms with van der Waals surface area (Å²) in [7, 11) is 3.01. The zero-order valence-corrected chi connectivity index (χ0v) is 16.1. The quantitative estimate of drug-likeness (QED) is 0.473. The second kappa shape index (κ2) is 8.59. The van der Waals surface area contributed by atoms with Crippen molar-refractivity contribution in [3.05, 3.63) is 0 Å². The summed E-state index contributed by atoms with van der Waals surface area (Å²) in [6, 6.07) is -1.08. The fourth-order valence-corrected chi connectivity index (χ4v) is 4.05. The van der Waals surface area contributed by atoms with Gasteiger partial charge in [0.05, 0.1) is 12.2 Å². The maximum absolute atomic E-state index is 15.2. The van der Waals surface area contributed by atoms with Crippen LogP contribution in [0.2, 0.25) is 0 Å². The minimum absolute atomic E-state index is 0.393. The predicted molar refractivity (Wildman–Crippen MR) is 89.0 cm³/mol. The number of ether oxygens (including phenoxy) is 2. The van der Waals surface area contributed by atoms with Gasteiger partial charge in [-0.05, 0) is 26.7 Å². The van der Waals surface area contributed by atoms with Gasteiger partial charge in [0.2, 0.25) is 0 Å². The van der Waals surface area contributed by atoms with Crippen molar-refractivity contribution < 1.29 is 18.3 Å². The number of halogens is 4. The molecule has 1 fully saturated rings. The molecule has 0 aromatic heterocycles. The number of methoxy groups -OCH3 is 2. The van der Waals surface area contributed by atoms with E-state index in [1.54, 1.807) is 13.8 Å². The molecule has 0 aliphatic carbocycles. The average molecular weight is 377 g/mol. The van der Waals surface area contributed by atoms with Crippen LogP contribution in [0.3, 0.4) is 0 Å². The number of rotatable bonds is 8. The molecule has 8 heteroatoms. The Balaban J connectivity index is 3.22. The Kier molecular flexibility index (Phi) is 7.96. The molecule has 138 valence electrons. The molecule has 6 atom stereocenters. The van der Waals surface area contributed by atoms with Gasteiger partial charge in [0.15, 0.2) is 0 Å². The Morgan fingerprint density at radius 3 is 1.43 bits per heavy atom. The summed E-state index contributed by atoms with van der Waals surface area (Å²) >= 11 is 12.6. The number of hydrogen-bond acceptors (Lipinski definition) is 4. The van der Waals surface area contributed by atoms with Crippen LogP contribution in [0.15, 0.2) is 0 Å². The highest BCUT2D eigenvalue weighted by Gasteiger charge is 2.63. The Hall–Kier alpha value is 0.280. The molecule has 0 N–H and O–H groups in total. The van der Waals surface area contributed by atoms with Gasteiger partial charge in [0, 0.05) is 26.3 Å². The molecule has 0 amide bonds. The van der Waals surface area contributed by atoms with E-state index in [0.717, 1.165) is 9.80 Å². The first-order valence-electron chi connectivity index (χ1n) is 7.97. The van der Waals surface area contributed by atoms with Crippen LogP contribution in [0.25, 0.3) is 0 Å². The molecule has 6 unspecified atom stereocenters. The molecule has 1 saturated heterocycles. The monoisotopic (exact) mass is 376 g/mol. The summed E-state index contributed by atoms with van der Waals surface area (Å²) in [6.07, 6.45) is -3.12. The summed E-state index contributed by atoms with van der Waals surface area (Å²) in [5.41, 5.74) is -2.04. The molecule has 1 heterocycles. The topological polar surface area (TPSA) is 24.9 Å². The van der Waals surface area contributed by atoms with Gasteiger partial charge in [-0.2, -0.15) is 8.78 Å². The lowest BCUT2D eigenvalue weighted by Gasteiger charge is -2.40. The Bertz CT molecular complexity index is 347. The minimum Gasteiger partial charge on any atom is -0.380 e. The minimum atomic E-state index is -3.28. The summed E-state index contributed by atoms with van der Waals surface area (Å²) in [6.45, 7) is 7.19. The zero-order chi connectivity index (χ0) is 17.9. The molecule has 0 aromatic carbocycles.